The molecule has 0 aliphatic carbocycles. The molecule has 9 nitrogen and oxygen atoms in total. The second-order valence-corrected chi connectivity index (χ2v) is 5.99. The van der Waals surface area contributed by atoms with Crippen LogP contribution in [0, 0.1) is 0 Å². The summed E-state index contributed by atoms with van der Waals surface area (Å²) < 4.78 is 0. The molecule has 0 rings (SSSR count). The van der Waals surface area contributed by atoms with Gasteiger partial charge in [-0.25, -0.2) is 0 Å². The molecule has 0 amide bonds. The van der Waals surface area contributed by atoms with Gasteiger partial charge in [-0.3, -0.25) is 9.69 Å². The summed E-state index contributed by atoms with van der Waals surface area (Å²) in [6.45, 7) is 3.31. The summed E-state index contributed by atoms with van der Waals surface area (Å²) in [5.74, 6) is -3.41. The van der Waals surface area contributed by atoms with Gasteiger partial charge in [-0.05, 0) is 26.2 Å². The third-order valence-electron chi connectivity index (χ3n) is 3.75. The van der Waals surface area contributed by atoms with Crippen molar-refractivity contribution in [3.8, 4) is 0 Å². The van der Waals surface area contributed by atoms with Crippen molar-refractivity contribution in [1.82, 2.24) is 9.80 Å². The Morgan fingerprint density at radius 2 is 1.41 bits per heavy atom. The number of aliphatic carboxylic acids is 3. The molecule has 2 N–H and O–H groups in total. The molecule has 0 bridgehead atoms. The molecule has 0 heterocycles. The molecule has 1 unspecified atom stereocenters. The molecular weight excluding hydrogens is 384 g/mol. The molecule has 27 heavy (non-hydrogen) atoms. The topological polar surface area (TPSA) is 144 Å². The molecule has 1 atom stereocenters. The van der Waals surface area contributed by atoms with E-state index in [2.05, 4.69) is 0 Å². The van der Waals surface area contributed by atoms with Gasteiger partial charge in [-0.2, -0.15) is 0 Å². The quantitative estimate of drug-likeness (QED) is 0.204. The van der Waals surface area contributed by atoms with Gasteiger partial charge in [0.25, 0.3) is 0 Å². The molecule has 150 valence electrons. The smallest absolute Gasteiger partial charge is 0.550 e. The van der Waals surface area contributed by atoms with Crippen molar-refractivity contribution in [2.24, 2.45) is 0 Å². The number of hydrogen-bond donors (Lipinski definition) is 2. The second kappa shape index (κ2) is 17.4. The molecule has 0 saturated carbocycles. The standard InChI is InChI=1S/C17H30N2O7.Ca/c1-2-3-4-14(20)13-19(10-7-17(25)26)12-11-18(8-5-15(21)22)9-6-16(23)24;/h2-3,14,20H,4-13H2,1H3,(H,21,22)(H,23,24)(H,25,26);/q;+2/p-2/b3-2+;. The van der Waals surface area contributed by atoms with Crippen molar-refractivity contribution >= 4 is 55.6 Å². The average Bonchev–Trinajstić information content (AvgIpc) is 2.56. The summed E-state index contributed by atoms with van der Waals surface area (Å²) in [7, 11) is 0. The number of aliphatic hydroxyl groups excluding tert-OH is 1. The summed E-state index contributed by atoms with van der Waals surface area (Å²) >= 11 is 0. The van der Waals surface area contributed by atoms with Gasteiger partial charge in [0.05, 0.1) is 12.5 Å². The van der Waals surface area contributed by atoms with Gasteiger partial charge < -0.3 is 34.9 Å². The van der Waals surface area contributed by atoms with Crippen LogP contribution in [0.25, 0.3) is 0 Å². The second-order valence-electron chi connectivity index (χ2n) is 5.99. The Bertz CT molecular complexity index is 456. The molecule has 0 spiro atoms. The molecule has 0 saturated heterocycles. The first-order valence-corrected chi connectivity index (χ1v) is 8.60. The number of carboxylic acids is 3. The van der Waals surface area contributed by atoms with Crippen LogP contribution in [0.15, 0.2) is 12.2 Å². The Morgan fingerprint density at radius 1 is 0.926 bits per heavy atom. The fourth-order valence-electron chi connectivity index (χ4n) is 2.33. The van der Waals surface area contributed by atoms with Crippen LogP contribution in [-0.4, -0.2) is 121 Å². The molecule has 10 heteroatoms. The van der Waals surface area contributed by atoms with Gasteiger partial charge in [0, 0.05) is 51.2 Å². The molecule has 0 aromatic heterocycles. The maximum atomic E-state index is 10.8. The predicted molar refractivity (Wildman–Crippen MR) is 95.6 cm³/mol. The first-order valence-electron chi connectivity index (χ1n) is 8.60. The number of hydrogen-bond acceptors (Lipinski definition) is 8. The zero-order chi connectivity index (χ0) is 19.9. The summed E-state index contributed by atoms with van der Waals surface area (Å²) in [5, 5.41) is 40.1. The largest absolute Gasteiger partial charge is 2.00 e. The summed E-state index contributed by atoms with van der Waals surface area (Å²) in [6.07, 6.45) is 2.87. The minimum Gasteiger partial charge on any atom is -0.550 e. The van der Waals surface area contributed by atoms with Crippen LogP contribution >= 0.6 is 0 Å². The van der Waals surface area contributed by atoms with Crippen molar-refractivity contribution in [3.05, 3.63) is 12.2 Å². The maximum absolute atomic E-state index is 10.8. The van der Waals surface area contributed by atoms with Crippen molar-refractivity contribution in [1.29, 1.82) is 0 Å². The van der Waals surface area contributed by atoms with Crippen LogP contribution in [0.1, 0.15) is 32.6 Å². The monoisotopic (exact) mass is 412 g/mol. The van der Waals surface area contributed by atoms with Gasteiger partial charge in [-0.15, -0.1) is 0 Å². The fraction of sp³-hybridized carbons (Fsp3) is 0.706. The molecular formula is C17H28CaN2O7. The normalized spacial score (nSPS) is 12.3. The Balaban J connectivity index is 0. The minimum atomic E-state index is -1.23. The van der Waals surface area contributed by atoms with Crippen LogP contribution in [0.2, 0.25) is 0 Å². The van der Waals surface area contributed by atoms with E-state index in [-0.39, 0.29) is 83.2 Å². The van der Waals surface area contributed by atoms with Crippen molar-refractivity contribution < 1.29 is 34.8 Å². The number of carboxylic acid groups (broad SMARTS) is 3. The average molecular weight is 412 g/mol. The van der Waals surface area contributed by atoms with Crippen molar-refractivity contribution in [2.45, 2.75) is 38.7 Å². The third kappa shape index (κ3) is 18.4. The van der Waals surface area contributed by atoms with E-state index in [1.54, 1.807) is 9.80 Å². The van der Waals surface area contributed by atoms with E-state index in [1.807, 2.05) is 19.1 Å². The first kappa shape index (κ1) is 28.5. The van der Waals surface area contributed by atoms with E-state index < -0.39 is 24.0 Å². The van der Waals surface area contributed by atoms with E-state index in [1.165, 1.54) is 0 Å². The van der Waals surface area contributed by atoms with Crippen LogP contribution in [0.3, 0.4) is 0 Å². The van der Waals surface area contributed by atoms with Crippen LogP contribution in [0.4, 0.5) is 0 Å². The van der Waals surface area contributed by atoms with E-state index in [0.717, 1.165) is 0 Å². The summed E-state index contributed by atoms with van der Waals surface area (Å²) in [5.41, 5.74) is 0. The molecule has 0 aromatic carbocycles. The SMILES string of the molecule is C/C=C/CC(O)CN(CCC(=O)O)CCN(CCC(=O)[O-])CCC(=O)[O-].[Ca+2]. The number of aliphatic hydroxyl groups is 1. The summed E-state index contributed by atoms with van der Waals surface area (Å²) in [6, 6.07) is 0. The van der Waals surface area contributed by atoms with Crippen molar-refractivity contribution in [3.63, 3.8) is 0 Å². The van der Waals surface area contributed by atoms with E-state index in [4.69, 9.17) is 5.11 Å². The zero-order valence-corrected chi connectivity index (χ0v) is 18.0. The van der Waals surface area contributed by atoms with E-state index >= 15 is 0 Å². The molecule has 0 aliphatic heterocycles. The van der Waals surface area contributed by atoms with Crippen LogP contribution < -0.4 is 10.2 Å². The predicted octanol–water partition coefficient (Wildman–Crippen LogP) is -2.71. The van der Waals surface area contributed by atoms with Crippen LogP contribution in [0.5, 0.6) is 0 Å². The fourth-order valence-corrected chi connectivity index (χ4v) is 2.33. The maximum Gasteiger partial charge on any atom is 2.00 e. The number of carbonyl (C=O) groups is 3. The van der Waals surface area contributed by atoms with E-state index in [9.17, 15) is 29.7 Å². The number of rotatable bonds is 16. The Morgan fingerprint density at radius 3 is 1.85 bits per heavy atom. The van der Waals surface area contributed by atoms with Crippen molar-refractivity contribution in [2.75, 3.05) is 39.3 Å². The Kier molecular flexibility index (Phi) is 18.4. The zero-order valence-electron chi connectivity index (χ0n) is 15.8. The van der Waals surface area contributed by atoms with E-state index in [0.29, 0.717) is 19.5 Å². The Labute approximate surface area is 189 Å². The number of nitrogens with zero attached hydrogens (tertiary/aromatic N) is 2. The Hall–Kier alpha value is -0.710. The number of allylic oxidation sites excluding steroid dienone is 1. The summed E-state index contributed by atoms with van der Waals surface area (Å²) in [4.78, 5) is 35.5. The molecule has 0 fully saturated rings. The molecule has 0 aliphatic rings. The molecule has 0 radical (unpaired) electrons. The van der Waals surface area contributed by atoms with Gasteiger partial charge >= 0.3 is 43.7 Å². The van der Waals surface area contributed by atoms with Gasteiger partial charge in [0.2, 0.25) is 0 Å². The van der Waals surface area contributed by atoms with Crippen LogP contribution in [-0.2, 0) is 14.4 Å². The minimum absolute atomic E-state index is 0. The number of carbonyl (C=O) groups excluding carboxylic acids is 2. The first-order chi connectivity index (χ1) is 12.2. The van der Waals surface area contributed by atoms with Gasteiger partial charge in [0.1, 0.15) is 0 Å². The third-order valence-corrected chi connectivity index (χ3v) is 3.75. The van der Waals surface area contributed by atoms with Gasteiger partial charge in [-0.1, -0.05) is 12.2 Å². The molecule has 0 aromatic rings. The van der Waals surface area contributed by atoms with Gasteiger partial charge in [0.15, 0.2) is 0 Å².